The van der Waals surface area contributed by atoms with Crippen LogP contribution in [0, 0.1) is 5.92 Å². The van der Waals surface area contributed by atoms with Crippen molar-refractivity contribution in [3.8, 4) is 0 Å². The molecule has 0 aromatic heterocycles. The molecule has 0 spiro atoms. The molecule has 0 saturated carbocycles. The van der Waals surface area contributed by atoms with Gasteiger partial charge in [-0.25, -0.2) is 0 Å². The average Bonchev–Trinajstić information content (AvgIpc) is 2.82. The SMILES string of the molecule is CC(C)c1ccc(CC(C(N)=O)C(=O)N(c2cccc(C(F)(F)F)c2)c2cccc(C(F)(F)F)c2)cc1. The number of hydrogen-bond acceptors (Lipinski definition) is 2. The molecule has 196 valence electrons. The zero-order chi connectivity index (χ0) is 27.5. The molecular weight excluding hydrogens is 498 g/mol. The number of anilines is 2. The summed E-state index contributed by atoms with van der Waals surface area (Å²) in [5, 5.41) is 0. The zero-order valence-electron chi connectivity index (χ0n) is 19.9. The summed E-state index contributed by atoms with van der Waals surface area (Å²) in [7, 11) is 0. The Morgan fingerprint density at radius 2 is 1.24 bits per heavy atom. The van der Waals surface area contributed by atoms with Crippen LogP contribution < -0.4 is 10.6 Å². The maximum absolute atomic E-state index is 13.6. The largest absolute Gasteiger partial charge is 0.416 e. The number of hydrogen-bond donors (Lipinski definition) is 1. The topological polar surface area (TPSA) is 63.4 Å². The summed E-state index contributed by atoms with van der Waals surface area (Å²) in [6, 6.07) is 14.1. The van der Waals surface area contributed by atoms with E-state index >= 15 is 0 Å². The molecule has 2 N–H and O–H groups in total. The van der Waals surface area contributed by atoms with Gasteiger partial charge in [0.25, 0.3) is 0 Å². The van der Waals surface area contributed by atoms with Gasteiger partial charge in [0.2, 0.25) is 11.8 Å². The van der Waals surface area contributed by atoms with Crippen molar-refractivity contribution in [2.24, 2.45) is 11.7 Å². The third kappa shape index (κ3) is 6.69. The summed E-state index contributed by atoms with van der Waals surface area (Å²) in [5.41, 5.74) is 4.11. The number of rotatable bonds is 7. The van der Waals surface area contributed by atoms with Gasteiger partial charge in [0.15, 0.2) is 0 Å². The number of nitrogens with two attached hydrogens (primary N) is 1. The predicted octanol–water partition coefficient (Wildman–Crippen LogP) is 6.86. The van der Waals surface area contributed by atoms with E-state index in [4.69, 9.17) is 5.73 Å². The molecule has 3 rings (SSSR count). The Hall–Kier alpha value is -3.82. The first kappa shape index (κ1) is 27.8. The number of nitrogens with zero attached hydrogens (tertiary/aromatic N) is 1. The van der Waals surface area contributed by atoms with Crippen LogP contribution in [0.2, 0.25) is 0 Å². The summed E-state index contributed by atoms with van der Waals surface area (Å²) < 4.78 is 80.4. The highest BCUT2D eigenvalue weighted by Crippen LogP contribution is 2.37. The van der Waals surface area contributed by atoms with E-state index in [-0.39, 0.29) is 23.7 Å². The van der Waals surface area contributed by atoms with Crippen molar-refractivity contribution in [2.75, 3.05) is 4.90 Å². The van der Waals surface area contributed by atoms with Gasteiger partial charge in [-0.2, -0.15) is 26.3 Å². The molecule has 3 aromatic rings. The molecule has 0 bridgehead atoms. The molecule has 0 saturated heterocycles. The molecule has 37 heavy (non-hydrogen) atoms. The molecular formula is C27H24F6N2O2. The lowest BCUT2D eigenvalue weighted by Gasteiger charge is -2.28. The Balaban J connectivity index is 2.11. The Morgan fingerprint density at radius 3 is 1.62 bits per heavy atom. The molecule has 3 aromatic carbocycles. The van der Waals surface area contributed by atoms with Crippen molar-refractivity contribution in [1.29, 1.82) is 0 Å². The molecule has 4 nitrogen and oxygen atoms in total. The normalized spacial score (nSPS) is 12.9. The summed E-state index contributed by atoms with van der Waals surface area (Å²) >= 11 is 0. The van der Waals surface area contributed by atoms with Crippen LogP contribution >= 0.6 is 0 Å². The molecule has 2 amide bonds. The van der Waals surface area contributed by atoms with Gasteiger partial charge in [0, 0.05) is 11.4 Å². The maximum Gasteiger partial charge on any atom is 0.416 e. The first-order chi connectivity index (χ1) is 17.2. The standard InChI is InChI=1S/C27H24F6N2O2/c1-16(2)18-11-9-17(10-12-18)13-23(24(34)36)25(37)35(21-7-3-5-19(14-21)26(28,29)30)22-8-4-6-20(15-22)27(31,32)33/h3-12,14-16,23H,13H2,1-2H3,(H2,34,36). The van der Waals surface area contributed by atoms with Crippen LogP contribution in [-0.4, -0.2) is 11.8 Å². The minimum absolute atomic E-state index is 0.193. The van der Waals surface area contributed by atoms with E-state index < -0.39 is 41.2 Å². The van der Waals surface area contributed by atoms with Crippen LogP contribution in [0.5, 0.6) is 0 Å². The van der Waals surface area contributed by atoms with Gasteiger partial charge in [-0.3, -0.25) is 14.5 Å². The van der Waals surface area contributed by atoms with Crippen molar-refractivity contribution in [3.05, 3.63) is 95.1 Å². The van der Waals surface area contributed by atoms with Crippen molar-refractivity contribution in [1.82, 2.24) is 0 Å². The number of alkyl halides is 6. The first-order valence-corrected chi connectivity index (χ1v) is 11.2. The molecule has 0 aliphatic carbocycles. The fraction of sp³-hybridized carbons (Fsp3) is 0.259. The zero-order valence-corrected chi connectivity index (χ0v) is 19.9. The summed E-state index contributed by atoms with van der Waals surface area (Å²) in [4.78, 5) is 26.7. The van der Waals surface area contributed by atoms with Crippen molar-refractivity contribution in [3.63, 3.8) is 0 Å². The van der Waals surface area contributed by atoms with E-state index in [0.29, 0.717) is 22.6 Å². The van der Waals surface area contributed by atoms with E-state index in [2.05, 4.69) is 0 Å². The van der Waals surface area contributed by atoms with Crippen LogP contribution in [0.15, 0.2) is 72.8 Å². The number of carbonyl (C=O) groups is 2. The lowest BCUT2D eigenvalue weighted by atomic mass is 9.94. The van der Waals surface area contributed by atoms with Crippen LogP contribution in [-0.2, 0) is 28.4 Å². The minimum Gasteiger partial charge on any atom is -0.369 e. The minimum atomic E-state index is -4.78. The van der Waals surface area contributed by atoms with E-state index in [1.165, 1.54) is 0 Å². The van der Waals surface area contributed by atoms with Gasteiger partial charge in [-0.05, 0) is 59.9 Å². The predicted molar refractivity (Wildman–Crippen MR) is 127 cm³/mol. The Morgan fingerprint density at radius 1 is 0.784 bits per heavy atom. The molecule has 0 aliphatic rings. The Bertz CT molecular complexity index is 1210. The van der Waals surface area contributed by atoms with Crippen molar-refractivity contribution in [2.45, 2.75) is 38.5 Å². The number of halogens is 6. The second-order valence-electron chi connectivity index (χ2n) is 8.83. The molecule has 1 unspecified atom stereocenters. The van der Waals surface area contributed by atoms with Gasteiger partial charge >= 0.3 is 12.4 Å². The van der Waals surface area contributed by atoms with Crippen LogP contribution in [0.1, 0.15) is 42.0 Å². The number of amides is 2. The van der Waals surface area contributed by atoms with Crippen LogP contribution in [0.4, 0.5) is 37.7 Å². The third-order valence-corrected chi connectivity index (χ3v) is 5.81. The second-order valence-corrected chi connectivity index (χ2v) is 8.83. The quantitative estimate of drug-likeness (QED) is 0.272. The monoisotopic (exact) mass is 522 g/mol. The number of benzene rings is 3. The Kier molecular flexibility index (Phi) is 8.00. The average molecular weight is 522 g/mol. The number of primary amides is 1. The maximum atomic E-state index is 13.6. The van der Waals surface area contributed by atoms with Gasteiger partial charge < -0.3 is 5.73 Å². The number of carbonyl (C=O) groups excluding carboxylic acids is 2. The lowest BCUT2D eigenvalue weighted by molar-refractivity contribution is -0.138. The molecule has 1 atom stereocenters. The van der Waals surface area contributed by atoms with Gasteiger partial charge in [0.1, 0.15) is 5.92 Å². The van der Waals surface area contributed by atoms with E-state index in [1.54, 1.807) is 24.3 Å². The van der Waals surface area contributed by atoms with E-state index in [1.807, 2.05) is 13.8 Å². The molecule has 0 radical (unpaired) electrons. The lowest BCUT2D eigenvalue weighted by Crippen LogP contribution is -2.41. The second kappa shape index (κ2) is 10.7. The van der Waals surface area contributed by atoms with Crippen molar-refractivity contribution >= 4 is 23.2 Å². The van der Waals surface area contributed by atoms with Gasteiger partial charge in [-0.1, -0.05) is 50.2 Å². The highest BCUT2D eigenvalue weighted by Gasteiger charge is 2.36. The summed E-state index contributed by atoms with van der Waals surface area (Å²) in [5.74, 6) is -3.46. The fourth-order valence-electron chi connectivity index (χ4n) is 3.79. The molecule has 10 heteroatoms. The summed E-state index contributed by atoms with van der Waals surface area (Å²) in [6.45, 7) is 3.96. The third-order valence-electron chi connectivity index (χ3n) is 5.81. The van der Waals surface area contributed by atoms with Crippen LogP contribution in [0.3, 0.4) is 0 Å². The molecule has 0 heterocycles. The summed E-state index contributed by atoms with van der Waals surface area (Å²) in [6.07, 6.45) is -9.75. The van der Waals surface area contributed by atoms with E-state index in [9.17, 15) is 35.9 Å². The first-order valence-electron chi connectivity index (χ1n) is 11.2. The molecule has 0 aliphatic heterocycles. The van der Waals surface area contributed by atoms with Gasteiger partial charge in [0.05, 0.1) is 11.1 Å². The van der Waals surface area contributed by atoms with Crippen molar-refractivity contribution < 1.29 is 35.9 Å². The fourth-order valence-corrected chi connectivity index (χ4v) is 3.79. The Labute approximate surface area is 209 Å². The van der Waals surface area contributed by atoms with Crippen LogP contribution in [0.25, 0.3) is 0 Å². The van der Waals surface area contributed by atoms with Gasteiger partial charge in [-0.15, -0.1) is 0 Å². The highest BCUT2D eigenvalue weighted by atomic mass is 19.4. The molecule has 0 fully saturated rings. The smallest absolute Gasteiger partial charge is 0.369 e. The van der Waals surface area contributed by atoms with E-state index in [0.717, 1.165) is 42.0 Å². The highest BCUT2D eigenvalue weighted by molar-refractivity contribution is 6.11.